The van der Waals surface area contributed by atoms with Gasteiger partial charge in [-0.2, -0.15) is 5.34 Å². The molecule has 0 fully saturated rings. The van der Waals surface area contributed by atoms with Crippen molar-refractivity contribution in [3.63, 3.8) is 0 Å². The van der Waals surface area contributed by atoms with E-state index in [-0.39, 0.29) is 11.1 Å². The van der Waals surface area contributed by atoms with Crippen molar-refractivity contribution in [2.45, 2.75) is 6.92 Å². The van der Waals surface area contributed by atoms with Crippen LogP contribution in [-0.2, 0) is 4.84 Å². The molecular weight excluding hydrogens is 122 g/mol. The maximum atomic E-state index is 10.3. The second-order valence-electron chi connectivity index (χ2n) is 1.55. The largest absolute Gasteiger partial charge is 0.739 e. The molecule has 0 rings (SSSR count). The lowest BCUT2D eigenvalue weighted by atomic mass is 10.7. The number of allylic oxidation sites excluding steroid dienone is 1. The molecule has 54 valence electrons. The van der Waals surface area contributed by atoms with Crippen LogP contribution < -0.4 is 0 Å². The van der Waals surface area contributed by atoms with Gasteiger partial charge < -0.3 is 21.0 Å². The smallest absolute Gasteiger partial charge is 0.114 e. The molecule has 0 heterocycles. The fourth-order valence-corrected chi connectivity index (χ4v) is 0.195. The molecule has 1 N–H and O–H groups in total. The highest BCUT2D eigenvalue weighted by Crippen LogP contribution is 1.98. The van der Waals surface area contributed by atoms with Crippen molar-refractivity contribution in [2.24, 2.45) is 0 Å². The predicted octanol–water partition coefficient (Wildman–Crippen LogP) is 1.07. The van der Waals surface area contributed by atoms with Crippen molar-refractivity contribution in [1.29, 1.82) is 0 Å². The second-order valence-corrected chi connectivity index (χ2v) is 1.55. The molecule has 0 saturated carbocycles. The average molecular weight is 131 g/mol. The molecule has 0 aliphatic heterocycles. The number of nitrogens with one attached hydrogen (secondary N) is 1. The van der Waals surface area contributed by atoms with Gasteiger partial charge in [0.1, 0.15) is 5.76 Å². The highest BCUT2D eigenvalue weighted by Gasteiger charge is 1.86. The third-order valence-electron chi connectivity index (χ3n) is 0.479. The second kappa shape index (κ2) is 3.41. The van der Waals surface area contributed by atoms with Gasteiger partial charge in [0.2, 0.25) is 0 Å². The maximum absolute atomic E-state index is 10.3. The van der Waals surface area contributed by atoms with E-state index in [0.717, 1.165) is 0 Å². The van der Waals surface area contributed by atoms with E-state index < -0.39 is 0 Å². The van der Waals surface area contributed by atoms with Gasteiger partial charge in [-0.15, -0.1) is 0 Å². The van der Waals surface area contributed by atoms with E-state index in [1.807, 2.05) is 0 Å². The first-order chi connectivity index (χ1) is 4.04. The topological polar surface area (TPSA) is 62.6 Å². The standard InChI is InChI=1S/C4H9N3O2/c1-4(2)9-7(8)6(3)5/h5H,1H2,2-3H3/q-2. The van der Waals surface area contributed by atoms with Crippen LogP contribution in [0.15, 0.2) is 12.3 Å². The van der Waals surface area contributed by atoms with Crippen LogP contribution in [0.5, 0.6) is 0 Å². The molecule has 0 bridgehead atoms. The van der Waals surface area contributed by atoms with Crippen LogP contribution in [0.3, 0.4) is 0 Å². The van der Waals surface area contributed by atoms with E-state index in [1.165, 1.54) is 14.0 Å². The molecule has 0 atom stereocenters. The van der Waals surface area contributed by atoms with Gasteiger partial charge in [0, 0.05) is 0 Å². The summed E-state index contributed by atoms with van der Waals surface area (Å²) in [6.45, 7) is 4.83. The summed E-state index contributed by atoms with van der Waals surface area (Å²) in [7, 11) is 1.25. The van der Waals surface area contributed by atoms with Crippen molar-refractivity contribution >= 4 is 0 Å². The van der Waals surface area contributed by atoms with Crippen molar-refractivity contribution in [3.05, 3.63) is 23.4 Å². The first-order valence-corrected chi connectivity index (χ1v) is 2.29. The maximum Gasteiger partial charge on any atom is 0.114 e. The zero-order valence-corrected chi connectivity index (χ0v) is 5.42. The third-order valence-corrected chi connectivity index (χ3v) is 0.479. The minimum Gasteiger partial charge on any atom is -0.739 e. The number of hydrogen-bond donors (Lipinski definition) is 0. The Morgan fingerprint density at radius 1 is 1.78 bits per heavy atom. The lowest BCUT2D eigenvalue weighted by molar-refractivity contribution is -0.190. The van der Waals surface area contributed by atoms with Crippen LogP contribution in [0.1, 0.15) is 6.92 Å². The number of hydrogen-bond acceptors (Lipinski definition) is 4. The van der Waals surface area contributed by atoms with E-state index >= 15 is 0 Å². The predicted molar refractivity (Wildman–Crippen MR) is 33.2 cm³/mol. The summed E-state index contributed by atoms with van der Waals surface area (Å²) in [5.74, 6) is 6.91. The molecule has 0 saturated heterocycles. The van der Waals surface area contributed by atoms with Crippen LogP contribution in [0, 0.1) is 5.21 Å². The summed E-state index contributed by atoms with van der Waals surface area (Å²) in [5.41, 5.74) is 0. The Morgan fingerprint density at radius 2 is 2.22 bits per heavy atom. The first-order valence-electron chi connectivity index (χ1n) is 2.29. The highest BCUT2D eigenvalue weighted by molar-refractivity contribution is 4.72. The summed E-state index contributed by atoms with van der Waals surface area (Å²) in [6, 6.07) is 0. The van der Waals surface area contributed by atoms with Crippen LogP contribution in [0.4, 0.5) is 0 Å². The summed E-state index contributed by atoms with van der Waals surface area (Å²) in [4.78, 5) is 4.33. The molecule has 5 heteroatoms. The molecule has 9 heavy (non-hydrogen) atoms. The minimum absolute atomic E-state index is 0.0162. The monoisotopic (exact) mass is 131 g/mol. The average Bonchev–Trinajstić information content (AvgIpc) is 1.63. The normalized spacial score (nSPS) is 10.4. The lowest BCUT2D eigenvalue weighted by Crippen LogP contribution is -2.28. The van der Waals surface area contributed by atoms with Gasteiger partial charge in [0.05, 0.1) is 0 Å². The van der Waals surface area contributed by atoms with Gasteiger partial charge in [-0.05, 0) is 14.0 Å². The Labute approximate surface area is 53.8 Å². The third kappa shape index (κ3) is 3.92. The summed E-state index contributed by atoms with van der Waals surface area (Å²) in [6.07, 6.45) is 0. The first kappa shape index (κ1) is 8.38. The van der Waals surface area contributed by atoms with Crippen molar-refractivity contribution in [2.75, 3.05) is 7.05 Å². The van der Waals surface area contributed by atoms with E-state index in [2.05, 4.69) is 11.4 Å². The van der Waals surface area contributed by atoms with Crippen LogP contribution in [0.2, 0.25) is 0 Å². The lowest BCUT2D eigenvalue weighted by Gasteiger charge is -2.38. The summed E-state index contributed by atoms with van der Waals surface area (Å²) >= 11 is 0. The van der Waals surface area contributed by atoms with E-state index in [9.17, 15) is 5.21 Å². The van der Waals surface area contributed by atoms with Gasteiger partial charge in [0.25, 0.3) is 0 Å². The summed E-state index contributed by atoms with van der Waals surface area (Å²) in [5, 5.41) is 10.9. The Hall–Kier alpha value is -0.620. The Morgan fingerprint density at radius 3 is 2.33 bits per heavy atom. The quantitative estimate of drug-likeness (QED) is 0.424. The molecule has 0 aliphatic rings. The van der Waals surface area contributed by atoms with Crippen molar-refractivity contribution in [1.82, 2.24) is 10.5 Å². The van der Waals surface area contributed by atoms with Gasteiger partial charge in [-0.3, -0.25) is 0 Å². The Balaban J connectivity index is 3.50. The molecule has 0 radical (unpaired) electrons. The van der Waals surface area contributed by atoms with E-state index in [4.69, 9.17) is 5.84 Å². The van der Waals surface area contributed by atoms with E-state index in [0.29, 0.717) is 5.12 Å². The molecule has 0 aromatic rings. The molecule has 0 aromatic carbocycles. The van der Waals surface area contributed by atoms with Crippen molar-refractivity contribution in [3.8, 4) is 0 Å². The minimum atomic E-state index is 0.0162. The highest BCUT2D eigenvalue weighted by atomic mass is 16.9. The Kier molecular flexibility index (Phi) is 3.18. The van der Waals surface area contributed by atoms with Gasteiger partial charge in [0.15, 0.2) is 0 Å². The van der Waals surface area contributed by atoms with Gasteiger partial charge in [-0.1, -0.05) is 6.58 Å². The zero-order valence-electron chi connectivity index (χ0n) is 5.42. The van der Waals surface area contributed by atoms with Crippen LogP contribution in [0.25, 0.3) is 5.84 Å². The van der Waals surface area contributed by atoms with E-state index in [1.54, 1.807) is 0 Å². The molecule has 0 amide bonds. The number of hydrazine groups is 1. The molecular formula is C4H9N3O2-2. The molecule has 5 nitrogen and oxygen atoms in total. The fourth-order valence-electron chi connectivity index (χ4n) is 0.195. The van der Waals surface area contributed by atoms with Gasteiger partial charge >= 0.3 is 0 Å². The van der Waals surface area contributed by atoms with Crippen molar-refractivity contribution < 1.29 is 4.84 Å². The molecule has 0 unspecified atom stereocenters. The van der Waals surface area contributed by atoms with Crippen LogP contribution >= 0.6 is 0 Å². The van der Waals surface area contributed by atoms with Crippen LogP contribution in [-0.4, -0.2) is 17.5 Å². The molecule has 0 aromatic heterocycles. The fraction of sp³-hybridized carbons (Fsp3) is 0.500. The number of nitrogens with zero attached hydrogens (tertiary/aromatic N) is 2. The number of rotatable bonds is 3. The molecule has 0 spiro atoms. The zero-order chi connectivity index (χ0) is 7.44. The molecule has 0 aliphatic carbocycles. The van der Waals surface area contributed by atoms with Gasteiger partial charge in [-0.25, -0.2) is 0 Å². The Bertz CT molecular complexity index is 104. The SMILES string of the molecule is C=C(C)ON([O-])N(C)[NH-]. The summed E-state index contributed by atoms with van der Waals surface area (Å²) < 4.78 is 0.